The Morgan fingerprint density at radius 1 is 1.42 bits per heavy atom. The number of nitrogens with zero attached hydrogens (tertiary/aromatic N) is 1. The summed E-state index contributed by atoms with van der Waals surface area (Å²) in [6, 6.07) is 0. The lowest BCUT2D eigenvalue weighted by atomic mass is 10.0. The molecule has 0 amide bonds. The minimum atomic E-state index is -2.95. The Balaban J connectivity index is 2.46. The van der Waals surface area contributed by atoms with E-state index >= 15 is 0 Å². The molecule has 0 aromatic carbocycles. The third kappa shape index (κ3) is 6.77. The highest BCUT2D eigenvalue weighted by molar-refractivity contribution is 7.90. The van der Waals surface area contributed by atoms with Crippen LogP contribution in [0.4, 0.5) is 0 Å². The van der Waals surface area contributed by atoms with Crippen LogP contribution in [0, 0.1) is 0 Å². The van der Waals surface area contributed by atoms with E-state index in [1.807, 2.05) is 6.92 Å². The van der Waals surface area contributed by atoms with Crippen LogP contribution in [0.2, 0.25) is 0 Å². The maximum Gasteiger partial charge on any atom is 0.191 e. The van der Waals surface area contributed by atoms with Crippen molar-refractivity contribution in [2.75, 3.05) is 38.2 Å². The number of aliphatic imine (C=N–C) groups is 1. The average molecular weight is 291 g/mol. The maximum atomic E-state index is 11.1. The Labute approximate surface area is 115 Å². The Bertz CT molecular complexity index is 400. The van der Waals surface area contributed by atoms with Gasteiger partial charge in [-0.3, -0.25) is 4.99 Å². The van der Waals surface area contributed by atoms with E-state index in [1.54, 1.807) is 0 Å². The van der Waals surface area contributed by atoms with E-state index in [9.17, 15) is 8.42 Å². The summed E-state index contributed by atoms with van der Waals surface area (Å²) in [5.74, 6) is 0.744. The minimum absolute atomic E-state index is 0.102. The Morgan fingerprint density at radius 3 is 2.68 bits per heavy atom. The van der Waals surface area contributed by atoms with Crippen molar-refractivity contribution >= 4 is 15.8 Å². The topological polar surface area (TPSA) is 79.8 Å². The van der Waals surface area contributed by atoms with Gasteiger partial charge in [0.25, 0.3) is 0 Å². The molecule has 0 bridgehead atoms. The first-order chi connectivity index (χ1) is 8.85. The number of guanidine groups is 1. The fraction of sp³-hybridized carbons (Fsp3) is 0.917. The number of hydrogen-bond acceptors (Lipinski definition) is 4. The fourth-order valence-electron chi connectivity index (χ4n) is 1.90. The molecular weight excluding hydrogens is 266 g/mol. The van der Waals surface area contributed by atoms with Crippen LogP contribution in [-0.4, -0.2) is 58.2 Å². The summed E-state index contributed by atoms with van der Waals surface area (Å²) in [6.07, 6.45) is 3.31. The molecule has 1 rings (SSSR count). The van der Waals surface area contributed by atoms with Crippen molar-refractivity contribution in [1.29, 1.82) is 0 Å². The van der Waals surface area contributed by atoms with Crippen LogP contribution in [0.3, 0.4) is 0 Å². The molecule has 6 nitrogen and oxygen atoms in total. The van der Waals surface area contributed by atoms with E-state index in [0.717, 1.165) is 26.0 Å². The highest BCUT2D eigenvalue weighted by Crippen LogP contribution is 2.24. The minimum Gasteiger partial charge on any atom is -0.373 e. The second-order valence-electron chi connectivity index (χ2n) is 5.15. The summed E-state index contributed by atoms with van der Waals surface area (Å²) < 4.78 is 27.8. The molecule has 7 heteroatoms. The second kappa shape index (κ2) is 7.09. The van der Waals surface area contributed by atoms with Crippen LogP contribution in [0.25, 0.3) is 0 Å². The SMILES string of the molecule is CCNC(=NCC1(C)CCCO1)NCCS(C)(=O)=O. The molecule has 0 saturated carbocycles. The Kier molecular flexibility index (Phi) is 6.06. The zero-order valence-electron chi connectivity index (χ0n) is 12.0. The van der Waals surface area contributed by atoms with E-state index in [-0.39, 0.29) is 11.4 Å². The summed E-state index contributed by atoms with van der Waals surface area (Å²) in [6.45, 7) is 6.51. The van der Waals surface area contributed by atoms with Crippen LogP contribution in [-0.2, 0) is 14.6 Å². The molecule has 2 N–H and O–H groups in total. The number of nitrogens with one attached hydrogen (secondary N) is 2. The quantitative estimate of drug-likeness (QED) is 0.538. The van der Waals surface area contributed by atoms with Gasteiger partial charge in [-0.15, -0.1) is 0 Å². The van der Waals surface area contributed by atoms with Crippen LogP contribution in [0.1, 0.15) is 26.7 Å². The summed E-state index contributed by atoms with van der Waals surface area (Å²) in [5, 5.41) is 6.12. The van der Waals surface area contributed by atoms with Gasteiger partial charge in [0.1, 0.15) is 9.84 Å². The number of rotatable bonds is 6. The molecule has 1 fully saturated rings. The molecule has 1 atom stereocenters. The lowest BCUT2D eigenvalue weighted by Crippen LogP contribution is -2.41. The lowest BCUT2D eigenvalue weighted by Gasteiger charge is -2.21. The zero-order valence-corrected chi connectivity index (χ0v) is 12.8. The van der Waals surface area contributed by atoms with Gasteiger partial charge in [-0.25, -0.2) is 8.42 Å². The largest absolute Gasteiger partial charge is 0.373 e. The molecule has 1 unspecified atom stereocenters. The van der Waals surface area contributed by atoms with Gasteiger partial charge >= 0.3 is 0 Å². The van der Waals surface area contributed by atoms with E-state index < -0.39 is 9.84 Å². The summed E-state index contributed by atoms with van der Waals surface area (Å²) in [5.41, 5.74) is -0.181. The molecule has 1 heterocycles. The highest BCUT2D eigenvalue weighted by Gasteiger charge is 2.29. The molecule has 0 aromatic rings. The molecule has 0 radical (unpaired) electrons. The normalized spacial score (nSPS) is 24.5. The van der Waals surface area contributed by atoms with Gasteiger partial charge in [0, 0.05) is 26.0 Å². The smallest absolute Gasteiger partial charge is 0.191 e. The van der Waals surface area contributed by atoms with Crippen molar-refractivity contribution < 1.29 is 13.2 Å². The van der Waals surface area contributed by atoms with Gasteiger partial charge in [-0.05, 0) is 26.7 Å². The number of sulfone groups is 1. The third-order valence-corrected chi connectivity index (χ3v) is 3.93. The van der Waals surface area contributed by atoms with E-state index in [0.29, 0.717) is 19.0 Å². The predicted molar refractivity (Wildman–Crippen MR) is 77.3 cm³/mol. The van der Waals surface area contributed by atoms with E-state index in [2.05, 4.69) is 22.5 Å². The van der Waals surface area contributed by atoms with Crippen molar-refractivity contribution in [3.05, 3.63) is 0 Å². The first kappa shape index (κ1) is 16.2. The Hall–Kier alpha value is -0.820. The molecule has 112 valence electrons. The number of hydrogen-bond donors (Lipinski definition) is 2. The summed E-state index contributed by atoms with van der Waals surface area (Å²) in [7, 11) is -2.95. The van der Waals surface area contributed by atoms with Crippen molar-refractivity contribution in [3.63, 3.8) is 0 Å². The highest BCUT2D eigenvalue weighted by atomic mass is 32.2. The van der Waals surface area contributed by atoms with Gasteiger partial charge in [-0.2, -0.15) is 0 Å². The second-order valence-corrected chi connectivity index (χ2v) is 7.41. The summed E-state index contributed by atoms with van der Waals surface area (Å²) in [4.78, 5) is 4.46. The first-order valence-corrected chi connectivity index (χ1v) is 8.74. The lowest BCUT2D eigenvalue weighted by molar-refractivity contribution is 0.0283. The monoisotopic (exact) mass is 291 g/mol. The predicted octanol–water partition coefficient (Wildman–Crippen LogP) is 0.155. The van der Waals surface area contributed by atoms with Crippen LogP contribution in [0.15, 0.2) is 4.99 Å². The fourth-order valence-corrected chi connectivity index (χ4v) is 2.38. The van der Waals surface area contributed by atoms with Crippen LogP contribution in [0.5, 0.6) is 0 Å². The van der Waals surface area contributed by atoms with Crippen LogP contribution < -0.4 is 10.6 Å². The molecule has 0 aliphatic carbocycles. The van der Waals surface area contributed by atoms with E-state index in [1.165, 1.54) is 6.26 Å². The first-order valence-electron chi connectivity index (χ1n) is 6.68. The van der Waals surface area contributed by atoms with Crippen molar-refractivity contribution in [1.82, 2.24) is 10.6 Å². The molecule has 19 heavy (non-hydrogen) atoms. The molecule has 0 spiro atoms. The molecule has 1 aliphatic rings. The molecule has 1 saturated heterocycles. The average Bonchev–Trinajstić information content (AvgIpc) is 2.72. The van der Waals surface area contributed by atoms with Gasteiger partial charge in [-0.1, -0.05) is 0 Å². The summed E-state index contributed by atoms with van der Waals surface area (Å²) >= 11 is 0. The third-order valence-electron chi connectivity index (χ3n) is 2.98. The van der Waals surface area contributed by atoms with Crippen LogP contribution >= 0.6 is 0 Å². The van der Waals surface area contributed by atoms with Gasteiger partial charge in [0.15, 0.2) is 5.96 Å². The van der Waals surface area contributed by atoms with Crippen molar-refractivity contribution in [2.45, 2.75) is 32.3 Å². The van der Waals surface area contributed by atoms with Crippen molar-refractivity contribution in [3.8, 4) is 0 Å². The standard InChI is InChI=1S/C12H25N3O3S/c1-4-13-11(14-7-9-19(3,16)17)15-10-12(2)6-5-8-18-12/h4-10H2,1-3H3,(H2,13,14,15). The number of ether oxygens (including phenoxy) is 1. The maximum absolute atomic E-state index is 11.1. The molecular formula is C12H25N3O3S. The van der Waals surface area contributed by atoms with Crippen molar-refractivity contribution in [2.24, 2.45) is 4.99 Å². The molecule has 0 aromatic heterocycles. The van der Waals surface area contributed by atoms with Gasteiger partial charge < -0.3 is 15.4 Å². The molecule has 1 aliphatic heterocycles. The van der Waals surface area contributed by atoms with E-state index in [4.69, 9.17) is 4.74 Å². The van der Waals surface area contributed by atoms with Gasteiger partial charge in [0.2, 0.25) is 0 Å². The Morgan fingerprint density at radius 2 is 2.16 bits per heavy atom. The van der Waals surface area contributed by atoms with Gasteiger partial charge in [0.05, 0.1) is 17.9 Å². The zero-order chi connectivity index (χ0) is 14.4.